The normalized spacial score (nSPS) is 18.1. The minimum absolute atomic E-state index is 0.149. The van der Waals surface area contributed by atoms with Crippen LogP contribution in [0.3, 0.4) is 0 Å². The van der Waals surface area contributed by atoms with E-state index < -0.39 is 0 Å². The van der Waals surface area contributed by atoms with E-state index in [4.69, 9.17) is 5.10 Å². The largest absolute Gasteiger partial charge is 0.328 e. The van der Waals surface area contributed by atoms with Gasteiger partial charge in [0.05, 0.1) is 0 Å². The third kappa shape index (κ3) is 3.58. The summed E-state index contributed by atoms with van der Waals surface area (Å²) in [6.45, 7) is 0. The van der Waals surface area contributed by atoms with Crippen LogP contribution in [0.5, 0.6) is 0 Å². The van der Waals surface area contributed by atoms with Gasteiger partial charge < -0.3 is 5.32 Å². The molecule has 2 aliphatic rings. The molecule has 1 unspecified atom stereocenters. The number of hydrogen-bond donors (Lipinski definition) is 1. The van der Waals surface area contributed by atoms with Crippen molar-refractivity contribution in [1.29, 1.82) is 0 Å². The Balaban J connectivity index is 1.52. The van der Waals surface area contributed by atoms with Gasteiger partial charge in [0.2, 0.25) is 11.1 Å². The van der Waals surface area contributed by atoms with E-state index in [9.17, 15) is 9.18 Å². The van der Waals surface area contributed by atoms with E-state index in [1.165, 1.54) is 17.8 Å². The van der Waals surface area contributed by atoms with E-state index in [1.807, 2.05) is 30.3 Å². The molecule has 1 aromatic heterocycles. The van der Waals surface area contributed by atoms with Crippen molar-refractivity contribution in [3.63, 3.8) is 0 Å². The minimum atomic E-state index is -0.322. The molecular formula is C22H18BrFN4OS. The Kier molecular flexibility index (Phi) is 5.20. The summed E-state index contributed by atoms with van der Waals surface area (Å²) in [7, 11) is 0. The van der Waals surface area contributed by atoms with E-state index >= 15 is 0 Å². The van der Waals surface area contributed by atoms with Crippen LogP contribution >= 0.6 is 27.7 Å². The van der Waals surface area contributed by atoms with Crippen LogP contribution in [-0.2, 0) is 10.5 Å². The highest BCUT2D eigenvalue weighted by molar-refractivity contribution is 9.10. The minimum Gasteiger partial charge on any atom is -0.328 e. The number of fused-ring (bicyclic) bond motifs is 1. The van der Waals surface area contributed by atoms with Crippen molar-refractivity contribution in [1.82, 2.24) is 14.8 Å². The topological polar surface area (TPSA) is 59.8 Å². The van der Waals surface area contributed by atoms with Crippen LogP contribution in [0.25, 0.3) is 0 Å². The van der Waals surface area contributed by atoms with E-state index in [-0.39, 0.29) is 17.6 Å². The molecule has 2 heterocycles. The Labute approximate surface area is 185 Å². The average Bonchev–Trinajstić information content (AvgIpc) is 3.14. The van der Waals surface area contributed by atoms with Crippen LogP contribution < -0.4 is 5.32 Å². The van der Waals surface area contributed by atoms with Gasteiger partial charge in [0.25, 0.3) is 0 Å². The molecule has 0 saturated heterocycles. The predicted octanol–water partition coefficient (Wildman–Crippen LogP) is 5.49. The molecule has 1 atom stereocenters. The van der Waals surface area contributed by atoms with Crippen LogP contribution in [0.2, 0.25) is 0 Å². The summed E-state index contributed by atoms with van der Waals surface area (Å²) >= 11 is 4.91. The average molecular weight is 485 g/mol. The van der Waals surface area contributed by atoms with Crippen molar-refractivity contribution in [3.8, 4) is 0 Å². The molecule has 1 aliphatic carbocycles. The summed E-state index contributed by atoms with van der Waals surface area (Å²) in [6.07, 6.45) is 2.19. The highest BCUT2D eigenvalue weighted by Gasteiger charge is 2.36. The van der Waals surface area contributed by atoms with Gasteiger partial charge in [0.1, 0.15) is 11.9 Å². The molecule has 5 rings (SSSR count). The lowest BCUT2D eigenvalue weighted by atomic mass is 9.85. The lowest BCUT2D eigenvalue weighted by Gasteiger charge is -2.32. The van der Waals surface area contributed by atoms with E-state index in [0.717, 1.165) is 34.1 Å². The van der Waals surface area contributed by atoms with Gasteiger partial charge in [-0.05, 0) is 42.2 Å². The molecule has 152 valence electrons. The quantitative estimate of drug-likeness (QED) is 0.495. The van der Waals surface area contributed by atoms with Gasteiger partial charge in [-0.15, -0.1) is 5.10 Å². The maximum Gasteiger partial charge on any atom is 0.227 e. The van der Waals surface area contributed by atoms with Crippen molar-refractivity contribution in [3.05, 3.63) is 81.2 Å². The molecule has 5 nitrogen and oxygen atoms in total. The molecule has 1 N–H and O–H groups in total. The van der Waals surface area contributed by atoms with Gasteiger partial charge in [-0.1, -0.05) is 58.0 Å². The van der Waals surface area contributed by atoms with Gasteiger partial charge in [-0.3, -0.25) is 4.79 Å². The van der Waals surface area contributed by atoms with Crippen molar-refractivity contribution in [2.45, 2.75) is 36.2 Å². The Hall–Kier alpha value is -2.45. The lowest BCUT2D eigenvalue weighted by molar-refractivity contribution is -0.116. The van der Waals surface area contributed by atoms with E-state index in [1.54, 1.807) is 16.8 Å². The lowest BCUT2D eigenvalue weighted by Crippen LogP contribution is -2.31. The summed E-state index contributed by atoms with van der Waals surface area (Å²) in [6, 6.07) is 14.3. The van der Waals surface area contributed by atoms with Crippen molar-refractivity contribution in [2.24, 2.45) is 0 Å². The molecule has 0 radical (unpaired) electrons. The summed E-state index contributed by atoms with van der Waals surface area (Å²) in [5.41, 5.74) is 3.29. The van der Waals surface area contributed by atoms with E-state index in [0.29, 0.717) is 28.8 Å². The first-order valence-corrected chi connectivity index (χ1v) is 11.5. The van der Waals surface area contributed by atoms with Crippen LogP contribution in [0.1, 0.15) is 36.4 Å². The molecular weight excluding hydrogens is 467 g/mol. The number of hydrogen-bond acceptors (Lipinski definition) is 5. The van der Waals surface area contributed by atoms with Gasteiger partial charge in [0.15, 0.2) is 5.78 Å². The number of Topliss-reactive ketones (excluding diaryl/α,β-unsaturated/α-hetero) is 1. The third-order valence-corrected chi connectivity index (χ3v) is 6.71. The Bertz CT molecular complexity index is 1180. The molecule has 0 fully saturated rings. The predicted molar refractivity (Wildman–Crippen MR) is 118 cm³/mol. The number of nitrogens with zero attached hydrogens (tertiary/aromatic N) is 3. The van der Waals surface area contributed by atoms with Gasteiger partial charge in [0, 0.05) is 27.9 Å². The number of carbonyl (C=O) groups is 1. The third-order valence-electron chi connectivity index (χ3n) is 5.33. The fourth-order valence-corrected chi connectivity index (χ4v) is 5.17. The van der Waals surface area contributed by atoms with E-state index in [2.05, 4.69) is 26.2 Å². The number of halogens is 2. The first-order valence-electron chi connectivity index (χ1n) is 9.71. The van der Waals surface area contributed by atoms with Gasteiger partial charge in [-0.2, -0.15) is 4.98 Å². The SMILES string of the molecule is O=C1CCCC2=C1C(c1cccc(Br)c1)n1nc(SCc3ccccc3F)nc1N2. The number of thioether (sulfide) groups is 1. The summed E-state index contributed by atoms with van der Waals surface area (Å²) in [5.74, 6) is 0.964. The number of carbonyl (C=O) groups excluding carboxylic acids is 1. The summed E-state index contributed by atoms with van der Waals surface area (Å²) in [4.78, 5) is 17.5. The van der Waals surface area contributed by atoms with Crippen LogP contribution in [0.4, 0.5) is 10.3 Å². The molecule has 1 aliphatic heterocycles. The summed E-state index contributed by atoms with van der Waals surface area (Å²) < 4.78 is 16.7. The number of benzene rings is 2. The molecule has 8 heteroatoms. The number of aromatic nitrogens is 3. The smallest absolute Gasteiger partial charge is 0.227 e. The Morgan fingerprint density at radius 3 is 2.90 bits per heavy atom. The molecule has 30 heavy (non-hydrogen) atoms. The highest BCUT2D eigenvalue weighted by atomic mass is 79.9. The number of allylic oxidation sites excluding steroid dienone is 2. The van der Waals surface area contributed by atoms with Crippen molar-refractivity contribution < 1.29 is 9.18 Å². The zero-order chi connectivity index (χ0) is 20.7. The van der Waals surface area contributed by atoms with Crippen LogP contribution in [-0.4, -0.2) is 20.5 Å². The Morgan fingerprint density at radius 1 is 1.20 bits per heavy atom. The zero-order valence-electron chi connectivity index (χ0n) is 15.9. The zero-order valence-corrected chi connectivity index (χ0v) is 18.3. The monoisotopic (exact) mass is 484 g/mol. The number of nitrogens with one attached hydrogen (secondary N) is 1. The molecule has 0 amide bonds. The first kappa shape index (κ1) is 19.5. The second-order valence-corrected chi connectivity index (χ2v) is 9.15. The van der Waals surface area contributed by atoms with Crippen LogP contribution in [0, 0.1) is 5.82 Å². The standard InChI is InChI=1S/C22H18BrFN4OS/c23-15-7-3-6-13(11-15)20-19-17(9-4-10-18(19)29)25-21-26-22(27-28(20)21)30-12-14-5-1-2-8-16(14)24/h1-3,5-8,11,20H,4,9-10,12H2,(H,25,26,27). The van der Waals surface area contributed by atoms with Crippen LogP contribution in [0.15, 0.2) is 69.4 Å². The Morgan fingerprint density at radius 2 is 2.07 bits per heavy atom. The number of rotatable bonds is 4. The second-order valence-electron chi connectivity index (χ2n) is 7.29. The highest BCUT2D eigenvalue weighted by Crippen LogP contribution is 2.41. The molecule has 2 aromatic carbocycles. The molecule has 0 spiro atoms. The fourth-order valence-electron chi connectivity index (χ4n) is 3.94. The summed E-state index contributed by atoms with van der Waals surface area (Å²) in [5, 5.41) is 8.56. The second kappa shape index (κ2) is 8.00. The molecule has 0 bridgehead atoms. The van der Waals surface area contributed by atoms with Crippen molar-refractivity contribution >= 4 is 39.4 Å². The maximum absolute atomic E-state index is 14.0. The molecule has 3 aromatic rings. The maximum atomic E-state index is 14.0. The first-order chi connectivity index (χ1) is 14.6. The van der Waals surface area contributed by atoms with Crippen molar-refractivity contribution in [2.75, 3.05) is 5.32 Å². The number of ketones is 1. The fraction of sp³-hybridized carbons (Fsp3) is 0.227. The number of anilines is 1. The van der Waals surface area contributed by atoms with Gasteiger partial charge >= 0.3 is 0 Å². The van der Waals surface area contributed by atoms with Gasteiger partial charge in [-0.25, -0.2) is 9.07 Å². The molecule has 0 saturated carbocycles.